The summed E-state index contributed by atoms with van der Waals surface area (Å²) in [6.07, 6.45) is 8.79. The molecule has 24 heavy (non-hydrogen) atoms. The van der Waals surface area contributed by atoms with Gasteiger partial charge in [-0.2, -0.15) is 0 Å². The smallest absolute Gasteiger partial charge is 0.164 e. The van der Waals surface area contributed by atoms with Crippen LogP contribution in [0.15, 0.2) is 17.7 Å². The molecule has 2 aliphatic carbocycles. The zero-order valence-corrected chi connectivity index (χ0v) is 14.8. The molecule has 3 rings (SSSR count). The second-order valence-electron chi connectivity index (χ2n) is 6.67. The Kier molecular flexibility index (Phi) is 5.12. The van der Waals surface area contributed by atoms with Gasteiger partial charge < -0.3 is 14.2 Å². The first-order chi connectivity index (χ1) is 11.7. The number of hydrogen-bond donors (Lipinski definition) is 0. The molecule has 0 heterocycles. The molecule has 0 N–H and O–H groups in total. The van der Waals surface area contributed by atoms with Crippen molar-refractivity contribution in [2.24, 2.45) is 11.8 Å². The minimum absolute atomic E-state index is 0.227. The van der Waals surface area contributed by atoms with E-state index in [1.54, 1.807) is 27.4 Å². The van der Waals surface area contributed by atoms with Gasteiger partial charge >= 0.3 is 0 Å². The van der Waals surface area contributed by atoms with E-state index in [1.165, 1.54) is 25.7 Å². The highest BCUT2D eigenvalue weighted by atomic mass is 16.5. The Labute approximate surface area is 143 Å². The highest BCUT2D eigenvalue weighted by Gasteiger charge is 2.36. The first kappa shape index (κ1) is 16.9. The molecule has 2 saturated carbocycles. The Hall–Kier alpha value is -1.97. The van der Waals surface area contributed by atoms with E-state index in [-0.39, 0.29) is 5.92 Å². The van der Waals surface area contributed by atoms with Gasteiger partial charge in [-0.15, -0.1) is 0 Å². The van der Waals surface area contributed by atoms with E-state index in [2.05, 4.69) is 0 Å². The molecule has 0 saturated heterocycles. The third-order valence-electron chi connectivity index (χ3n) is 5.41. The zero-order chi connectivity index (χ0) is 17.1. The number of methoxy groups -OCH3 is 3. The maximum absolute atomic E-state index is 12.8. The molecule has 0 amide bonds. The molecular formula is C20H26O4. The van der Waals surface area contributed by atoms with E-state index in [4.69, 9.17) is 14.2 Å². The summed E-state index contributed by atoms with van der Waals surface area (Å²) in [5.74, 6) is 3.11. The maximum Gasteiger partial charge on any atom is 0.164 e. The van der Waals surface area contributed by atoms with Crippen LogP contribution in [0, 0.1) is 11.8 Å². The van der Waals surface area contributed by atoms with Gasteiger partial charge in [0, 0.05) is 17.5 Å². The summed E-state index contributed by atoms with van der Waals surface area (Å²) in [5.41, 5.74) is 1.78. The molecule has 1 aromatic rings. The van der Waals surface area contributed by atoms with Crippen molar-refractivity contribution in [3.05, 3.63) is 23.3 Å². The quantitative estimate of drug-likeness (QED) is 0.757. The van der Waals surface area contributed by atoms with Gasteiger partial charge in [0.25, 0.3) is 0 Å². The van der Waals surface area contributed by atoms with Crippen LogP contribution in [0.25, 0.3) is 6.08 Å². The topological polar surface area (TPSA) is 44.8 Å². The zero-order valence-electron chi connectivity index (χ0n) is 14.8. The van der Waals surface area contributed by atoms with Crippen LogP contribution in [0.4, 0.5) is 0 Å². The normalized spacial score (nSPS) is 23.0. The van der Waals surface area contributed by atoms with E-state index in [1.807, 2.05) is 12.1 Å². The number of ketones is 1. The molecule has 2 fully saturated rings. The lowest BCUT2D eigenvalue weighted by Crippen LogP contribution is -2.16. The molecule has 0 unspecified atom stereocenters. The molecule has 0 radical (unpaired) electrons. The molecule has 0 bridgehead atoms. The van der Waals surface area contributed by atoms with Crippen molar-refractivity contribution in [2.45, 2.75) is 38.5 Å². The van der Waals surface area contributed by atoms with E-state index in [9.17, 15) is 4.79 Å². The highest BCUT2D eigenvalue weighted by Crippen LogP contribution is 2.42. The van der Waals surface area contributed by atoms with Gasteiger partial charge in [0.1, 0.15) is 5.75 Å². The van der Waals surface area contributed by atoms with Crippen LogP contribution in [-0.2, 0) is 4.79 Å². The largest absolute Gasteiger partial charge is 0.496 e. The predicted molar refractivity (Wildman–Crippen MR) is 93.8 cm³/mol. The molecular weight excluding hydrogens is 304 g/mol. The Morgan fingerprint density at radius 2 is 1.54 bits per heavy atom. The summed E-state index contributed by atoms with van der Waals surface area (Å²) >= 11 is 0. The van der Waals surface area contributed by atoms with E-state index >= 15 is 0 Å². The number of hydrogen-bond acceptors (Lipinski definition) is 4. The molecule has 0 aliphatic heterocycles. The summed E-state index contributed by atoms with van der Waals surface area (Å²) in [7, 11) is 4.83. The molecule has 0 aromatic heterocycles. The number of Topliss-reactive ketones (excluding diaryl/α,β-unsaturated/α-hetero) is 1. The van der Waals surface area contributed by atoms with E-state index < -0.39 is 0 Å². The molecule has 2 aliphatic rings. The molecule has 130 valence electrons. The Morgan fingerprint density at radius 1 is 0.917 bits per heavy atom. The van der Waals surface area contributed by atoms with Gasteiger partial charge in [0.05, 0.1) is 21.3 Å². The van der Waals surface area contributed by atoms with Crippen LogP contribution >= 0.6 is 0 Å². The second kappa shape index (κ2) is 7.29. The van der Waals surface area contributed by atoms with Gasteiger partial charge in [0.15, 0.2) is 17.3 Å². The van der Waals surface area contributed by atoms with Crippen LogP contribution in [0.5, 0.6) is 17.2 Å². The van der Waals surface area contributed by atoms with Crippen LogP contribution in [-0.4, -0.2) is 27.1 Å². The van der Waals surface area contributed by atoms with Gasteiger partial charge in [0.2, 0.25) is 0 Å². The summed E-state index contributed by atoms with van der Waals surface area (Å²) in [4.78, 5) is 12.8. The molecule has 1 aromatic carbocycles. The van der Waals surface area contributed by atoms with Crippen LogP contribution < -0.4 is 14.2 Å². The Balaban J connectivity index is 1.89. The summed E-state index contributed by atoms with van der Waals surface area (Å²) in [5, 5.41) is 0. The van der Waals surface area contributed by atoms with Crippen LogP contribution in [0.1, 0.15) is 44.1 Å². The van der Waals surface area contributed by atoms with Crippen LogP contribution in [0.2, 0.25) is 0 Å². The van der Waals surface area contributed by atoms with E-state index in [0.29, 0.717) is 28.9 Å². The second-order valence-corrected chi connectivity index (χ2v) is 6.67. The average molecular weight is 330 g/mol. The van der Waals surface area contributed by atoms with Crippen molar-refractivity contribution in [3.63, 3.8) is 0 Å². The summed E-state index contributed by atoms with van der Waals surface area (Å²) in [6, 6.07) is 3.68. The minimum atomic E-state index is 0.227. The fourth-order valence-corrected chi connectivity index (χ4v) is 4.11. The number of rotatable bonds is 5. The van der Waals surface area contributed by atoms with Crippen molar-refractivity contribution >= 4 is 11.9 Å². The van der Waals surface area contributed by atoms with Crippen molar-refractivity contribution < 1.29 is 19.0 Å². The Morgan fingerprint density at radius 3 is 2.17 bits per heavy atom. The minimum Gasteiger partial charge on any atom is -0.496 e. The lowest BCUT2D eigenvalue weighted by molar-refractivity contribution is -0.119. The lowest BCUT2D eigenvalue weighted by Gasteiger charge is -2.15. The number of carbonyl (C=O) groups excluding carboxylic acids is 1. The average Bonchev–Trinajstić information content (AvgIpc) is 3.25. The monoisotopic (exact) mass is 330 g/mol. The van der Waals surface area contributed by atoms with Gasteiger partial charge in [-0.05, 0) is 49.3 Å². The number of carbonyl (C=O) groups is 1. The highest BCUT2D eigenvalue weighted by molar-refractivity contribution is 6.03. The first-order valence-corrected chi connectivity index (χ1v) is 8.72. The fraction of sp³-hybridized carbons (Fsp3) is 0.550. The third kappa shape index (κ3) is 3.14. The van der Waals surface area contributed by atoms with E-state index in [0.717, 1.165) is 24.0 Å². The summed E-state index contributed by atoms with van der Waals surface area (Å²) in [6.45, 7) is 0. The van der Waals surface area contributed by atoms with Gasteiger partial charge in [-0.1, -0.05) is 12.8 Å². The molecule has 0 spiro atoms. The predicted octanol–water partition coefficient (Wildman–Crippen LogP) is 4.27. The fourth-order valence-electron chi connectivity index (χ4n) is 4.11. The molecule has 1 atom stereocenters. The Bertz CT molecular complexity index is 641. The standard InChI is InChI=1S/C20H26O4/c1-22-17-12-19(24-3)18(23-2)11-15(17)10-14-8-9-16(20(14)21)13-6-4-5-7-13/h10-13,16H,4-9H2,1-3H3/b14-10+/t16-/m1/s1. The summed E-state index contributed by atoms with van der Waals surface area (Å²) < 4.78 is 16.2. The first-order valence-electron chi connectivity index (χ1n) is 8.72. The van der Waals surface area contributed by atoms with Crippen molar-refractivity contribution in [1.29, 1.82) is 0 Å². The number of ether oxygens (including phenoxy) is 3. The van der Waals surface area contributed by atoms with Crippen LogP contribution in [0.3, 0.4) is 0 Å². The van der Waals surface area contributed by atoms with Crippen molar-refractivity contribution in [3.8, 4) is 17.2 Å². The molecule has 4 nitrogen and oxygen atoms in total. The number of benzene rings is 1. The number of allylic oxidation sites excluding steroid dienone is 1. The van der Waals surface area contributed by atoms with Crippen molar-refractivity contribution in [2.75, 3.05) is 21.3 Å². The van der Waals surface area contributed by atoms with Gasteiger partial charge in [-0.25, -0.2) is 0 Å². The maximum atomic E-state index is 12.8. The lowest BCUT2D eigenvalue weighted by atomic mass is 9.88. The SMILES string of the molecule is COc1cc(OC)c(OC)cc1/C=C1\CC[C@H](C2CCCC2)C1=O. The van der Waals surface area contributed by atoms with Gasteiger partial charge in [-0.3, -0.25) is 4.79 Å². The molecule has 4 heteroatoms. The van der Waals surface area contributed by atoms with Crippen molar-refractivity contribution in [1.82, 2.24) is 0 Å². The third-order valence-corrected chi connectivity index (χ3v) is 5.41.